The number of benzene rings is 1. The van der Waals surface area contributed by atoms with Gasteiger partial charge in [-0.1, -0.05) is 19.3 Å². The first-order valence-corrected chi connectivity index (χ1v) is 11.7. The average Bonchev–Trinajstić information content (AvgIpc) is 2.99. The third kappa shape index (κ3) is 7.45. The smallest absolute Gasteiger partial charge is 0.303 e. The van der Waals surface area contributed by atoms with Crippen molar-refractivity contribution in [2.75, 3.05) is 5.75 Å². The minimum absolute atomic E-state index is 0.0399. The Bertz CT molecular complexity index is 781. The molecule has 2 rings (SSSR count). The van der Waals surface area contributed by atoms with Crippen molar-refractivity contribution in [3.8, 4) is 0 Å². The number of carbonyl (C=O) groups excluding carboxylic acids is 1. The molecule has 1 aromatic carbocycles. The molecule has 1 aromatic rings. The number of halogens is 4. The van der Waals surface area contributed by atoms with Gasteiger partial charge in [-0.25, -0.2) is 17.6 Å². The van der Waals surface area contributed by atoms with E-state index in [9.17, 15) is 37.4 Å². The molecule has 0 bridgehead atoms. The Balaban J connectivity index is 1.81. The highest BCUT2D eigenvalue weighted by atomic mass is 32.2. The number of carboxylic acids is 1. The summed E-state index contributed by atoms with van der Waals surface area (Å²) >= 11 is 0.467. The van der Waals surface area contributed by atoms with Crippen LogP contribution >= 0.6 is 11.8 Å². The molecular weight excluding hydrogens is 452 g/mol. The molecule has 0 aliphatic heterocycles. The predicted octanol–water partition coefficient (Wildman–Crippen LogP) is 4.47. The molecule has 3 unspecified atom stereocenters. The number of thioether (sulfide) groups is 1. The van der Waals surface area contributed by atoms with E-state index in [1.807, 2.05) is 0 Å². The number of hydrogen-bond acceptors (Lipinski definition) is 5. The predicted molar refractivity (Wildman–Crippen MR) is 110 cm³/mol. The number of ketones is 1. The van der Waals surface area contributed by atoms with Crippen LogP contribution in [-0.4, -0.2) is 45.0 Å². The third-order valence-corrected chi connectivity index (χ3v) is 7.01. The Morgan fingerprint density at radius 2 is 1.69 bits per heavy atom. The van der Waals surface area contributed by atoms with Gasteiger partial charge in [-0.3, -0.25) is 9.59 Å². The van der Waals surface area contributed by atoms with Crippen LogP contribution in [-0.2, 0) is 9.59 Å². The summed E-state index contributed by atoms with van der Waals surface area (Å²) in [6, 6.07) is 0.121. The number of unbranched alkanes of at least 4 members (excludes halogenated alkanes) is 3. The van der Waals surface area contributed by atoms with E-state index in [-0.39, 0.29) is 48.7 Å². The van der Waals surface area contributed by atoms with Crippen LogP contribution in [0.15, 0.2) is 11.0 Å². The Kier molecular flexibility index (Phi) is 10.4. The molecule has 3 N–H and O–H groups in total. The van der Waals surface area contributed by atoms with Gasteiger partial charge in [0.2, 0.25) is 0 Å². The fourth-order valence-corrected chi connectivity index (χ4v) is 5.08. The molecule has 1 fully saturated rings. The summed E-state index contributed by atoms with van der Waals surface area (Å²) < 4.78 is 54.0. The van der Waals surface area contributed by atoms with Crippen molar-refractivity contribution in [3.63, 3.8) is 0 Å². The highest BCUT2D eigenvalue weighted by molar-refractivity contribution is 7.99. The lowest BCUT2D eigenvalue weighted by molar-refractivity contribution is -0.137. The van der Waals surface area contributed by atoms with Crippen LogP contribution in [0.1, 0.15) is 57.8 Å². The molecule has 1 saturated carbocycles. The molecule has 180 valence electrons. The van der Waals surface area contributed by atoms with Crippen molar-refractivity contribution in [1.82, 2.24) is 0 Å². The largest absolute Gasteiger partial charge is 0.481 e. The van der Waals surface area contributed by atoms with Gasteiger partial charge in [0.05, 0.1) is 17.1 Å². The number of aliphatic carboxylic acids is 1. The lowest BCUT2D eigenvalue weighted by atomic mass is 9.85. The van der Waals surface area contributed by atoms with E-state index in [1.54, 1.807) is 0 Å². The lowest BCUT2D eigenvalue weighted by Gasteiger charge is -2.22. The Hall–Kier alpha value is -1.65. The van der Waals surface area contributed by atoms with Gasteiger partial charge in [0.15, 0.2) is 23.3 Å². The second kappa shape index (κ2) is 12.6. The van der Waals surface area contributed by atoms with E-state index in [0.717, 1.165) is 19.3 Å². The Labute approximate surface area is 188 Å². The number of Topliss-reactive ketones (excluding diaryl/α,β-unsaturated/α-hetero) is 1. The number of aliphatic hydroxyl groups is 2. The highest BCUT2D eigenvalue weighted by Crippen LogP contribution is 2.37. The van der Waals surface area contributed by atoms with Gasteiger partial charge in [0.25, 0.3) is 0 Å². The zero-order valence-corrected chi connectivity index (χ0v) is 18.4. The summed E-state index contributed by atoms with van der Waals surface area (Å²) in [5, 5.41) is 29.0. The second-order valence-corrected chi connectivity index (χ2v) is 9.22. The summed E-state index contributed by atoms with van der Waals surface area (Å²) in [5.41, 5.74) is 0. The zero-order chi connectivity index (χ0) is 23.8. The lowest BCUT2D eigenvalue weighted by Crippen LogP contribution is -2.23. The van der Waals surface area contributed by atoms with Crippen LogP contribution in [0.2, 0.25) is 0 Å². The van der Waals surface area contributed by atoms with Crippen LogP contribution in [0.5, 0.6) is 0 Å². The van der Waals surface area contributed by atoms with Crippen LogP contribution < -0.4 is 0 Å². The third-order valence-electron chi connectivity index (χ3n) is 5.82. The standard InChI is InChI=1S/C22H28F4O5S/c23-15-9-16(24)21(26)22(20(15)25)32-11-12(27)7-8-14-13(17(28)10-18(14)29)5-3-1-2-4-6-19(30)31/h9,12-14,18,27,29H,1-8,10-11H2,(H,30,31)/t12?,13?,14?,18-/m1/s1. The maximum Gasteiger partial charge on any atom is 0.303 e. The number of hydrogen-bond donors (Lipinski definition) is 3. The fourth-order valence-electron chi connectivity index (χ4n) is 4.10. The van der Waals surface area contributed by atoms with Gasteiger partial charge < -0.3 is 15.3 Å². The summed E-state index contributed by atoms with van der Waals surface area (Å²) in [4.78, 5) is 21.9. The molecule has 0 amide bonds. The normalized spacial score (nSPS) is 21.8. The minimum Gasteiger partial charge on any atom is -0.481 e. The second-order valence-electron chi connectivity index (χ2n) is 8.19. The molecule has 0 heterocycles. The molecule has 32 heavy (non-hydrogen) atoms. The van der Waals surface area contributed by atoms with Crippen LogP contribution in [0.25, 0.3) is 0 Å². The quantitative estimate of drug-likeness (QED) is 0.167. The van der Waals surface area contributed by atoms with Gasteiger partial charge in [-0.05, 0) is 31.6 Å². The minimum atomic E-state index is -1.51. The molecule has 0 aromatic heterocycles. The molecule has 5 nitrogen and oxygen atoms in total. The molecule has 10 heteroatoms. The van der Waals surface area contributed by atoms with Gasteiger partial charge in [0, 0.05) is 30.6 Å². The number of rotatable bonds is 13. The first-order chi connectivity index (χ1) is 15.1. The van der Waals surface area contributed by atoms with E-state index >= 15 is 0 Å². The summed E-state index contributed by atoms with van der Waals surface area (Å²) in [5.74, 6) is -7.85. The van der Waals surface area contributed by atoms with Gasteiger partial charge in [-0.2, -0.15) is 0 Å². The molecule has 0 saturated heterocycles. The van der Waals surface area contributed by atoms with Crippen molar-refractivity contribution in [2.45, 2.75) is 74.9 Å². The molecule has 0 spiro atoms. The summed E-state index contributed by atoms with van der Waals surface area (Å²) in [6.45, 7) is 0. The molecular formula is C22H28F4O5S. The van der Waals surface area contributed by atoms with E-state index in [2.05, 4.69) is 0 Å². The van der Waals surface area contributed by atoms with Crippen molar-refractivity contribution >= 4 is 23.5 Å². The zero-order valence-electron chi connectivity index (χ0n) is 17.5. The van der Waals surface area contributed by atoms with E-state index in [0.29, 0.717) is 31.0 Å². The van der Waals surface area contributed by atoms with Crippen LogP contribution in [0.4, 0.5) is 17.6 Å². The van der Waals surface area contributed by atoms with E-state index in [4.69, 9.17) is 5.11 Å². The number of aliphatic hydroxyl groups excluding tert-OH is 2. The monoisotopic (exact) mass is 480 g/mol. The van der Waals surface area contributed by atoms with Crippen molar-refractivity contribution in [3.05, 3.63) is 29.3 Å². The molecule has 4 atom stereocenters. The highest BCUT2D eigenvalue weighted by Gasteiger charge is 2.40. The average molecular weight is 481 g/mol. The topological polar surface area (TPSA) is 94.8 Å². The van der Waals surface area contributed by atoms with E-state index < -0.39 is 46.3 Å². The maximum absolute atomic E-state index is 13.7. The summed E-state index contributed by atoms with van der Waals surface area (Å²) in [6.07, 6.45) is 2.12. The van der Waals surface area contributed by atoms with Crippen molar-refractivity contribution in [1.29, 1.82) is 0 Å². The van der Waals surface area contributed by atoms with Crippen molar-refractivity contribution in [2.24, 2.45) is 11.8 Å². The Morgan fingerprint density at radius 1 is 1.06 bits per heavy atom. The number of carbonyl (C=O) groups is 2. The first-order valence-electron chi connectivity index (χ1n) is 10.7. The molecule has 1 aliphatic carbocycles. The van der Waals surface area contributed by atoms with Gasteiger partial charge in [0.1, 0.15) is 5.78 Å². The maximum atomic E-state index is 13.7. The van der Waals surface area contributed by atoms with Crippen LogP contribution in [0, 0.1) is 35.1 Å². The van der Waals surface area contributed by atoms with E-state index in [1.165, 1.54) is 0 Å². The fraction of sp³-hybridized carbons (Fsp3) is 0.636. The SMILES string of the molecule is O=C(O)CCCCCCC1C(=O)C[C@@H](O)C1CCC(O)CSc1c(F)c(F)cc(F)c1F. The molecule has 0 radical (unpaired) electrons. The molecule has 1 aliphatic rings. The first kappa shape index (κ1) is 26.6. The van der Waals surface area contributed by atoms with Gasteiger partial charge in [-0.15, -0.1) is 11.8 Å². The van der Waals surface area contributed by atoms with Crippen molar-refractivity contribution < 1.29 is 42.5 Å². The number of carboxylic acid groups (broad SMARTS) is 1. The Morgan fingerprint density at radius 3 is 2.31 bits per heavy atom. The summed E-state index contributed by atoms with van der Waals surface area (Å²) in [7, 11) is 0. The van der Waals surface area contributed by atoms with Crippen LogP contribution in [0.3, 0.4) is 0 Å². The van der Waals surface area contributed by atoms with Gasteiger partial charge >= 0.3 is 5.97 Å².